The highest BCUT2D eigenvalue weighted by Crippen LogP contribution is 2.28. The van der Waals surface area contributed by atoms with Crippen molar-refractivity contribution in [2.45, 2.75) is 32.9 Å². The largest absolute Gasteiger partial charge is 0.493 e. The Morgan fingerprint density at radius 2 is 1.96 bits per heavy atom. The first-order valence-electron chi connectivity index (χ1n) is 8.00. The molecule has 2 rings (SSSR count). The maximum Gasteiger partial charge on any atom is 0.246 e. The third kappa shape index (κ3) is 5.60. The van der Waals surface area contributed by atoms with Crippen LogP contribution in [0, 0.1) is 5.92 Å². The van der Waals surface area contributed by atoms with Gasteiger partial charge in [-0.05, 0) is 23.6 Å². The first-order valence-corrected chi connectivity index (χ1v) is 8.00. The summed E-state index contributed by atoms with van der Waals surface area (Å²) in [5, 5.41) is 6.62. The number of methoxy groups -OCH3 is 2. The van der Waals surface area contributed by atoms with Gasteiger partial charge in [-0.1, -0.05) is 25.1 Å². The molecule has 0 aliphatic carbocycles. The smallest absolute Gasteiger partial charge is 0.246 e. The van der Waals surface area contributed by atoms with E-state index in [1.54, 1.807) is 14.2 Å². The minimum atomic E-state index is -0.561. The first kappa shape index (κ1) is 21.7. The number of rotatable bonds is 8. The highest BCUT2D eigenvalue weighted by Gasteiger charge is 2.18. The molecule has 26 heavy (non-hydrogen) atoms. The molecule has 0 unspecified atom stereocenters. The predicted molar refractivity (Wildman–Crippen MR) is 98.6 cm³/mol. The minimum absolute atomic E-state index is 0. The molecule has 9 heteroatoms. The van der Waals surface area contributed by atoms with Gasteiger partial charge in [0.15, 0.2) is 17.3 Å². The topological polar surface area (TPSA) is 113 Å². The van der Waals surface area contributed by atoms with Gasteiger partial charge in [-0.15, -0.1) is 12.4 Å². The van der Waals surface area contributed by atoms with Gasteiger partial charge in [-0.3, -0.25) is 4.79 Å². The van der Waals surface area contributed by atoms with Gasteiger partial charge in [0.25, 0.3) is 0 Å². The lowest BCUT2D eigenvalue weighted by atomic mass is 10.1. The second kappa shape index (κ2) is 9.98. The SMILES string of the molecule is COc1ccc(Cc2noc(CNC(=O)[C@@H](N)C(C)C)n2)cc1OC.Cl. The molecule has 1 heterocycles. The number of carbonyl (C=O) groups is 1. The summed E-state index contributed by atoms with van der Waals surface area (Å²) in [6.07, 6.45) is 0.476. The quantitative estimate of drug-likeness (QED) is 0.712. The maximum absolute atomic E-state index is 11.8. The Kier molecular flexibility index (Phi) is 8.34. The van der Waals surface area contributed by atoms with Gasteiger partial charge in [-0.25, -0.2) is 0 Å². The summed E-state index contributed by atoms with van der Waals surface area (Å²) in [6, 6.07) is 5.02. The molecule has 1 amide bonds. The maximum atomic E-state index is 11.8. The van der Waals surface area contributed by atoms with Gasteiger partial charge >= 0.3 is 0 Å². The van der Waals surface area contributed by atoms with Crippen LogP contribution in [0.1, 0.15) is 31.1 Å². The van der Waals surface area contributed by atoms with Crippen molar-refractivity contribution >= 4 is 18.3 Å². The highest BCUT2D eigenvalue weighted by molar-refractivity contribution is 5.85. The van der Waals surface area contributed by atoms with Crippen molar-refractivity contribution in [3.05, 3.63) is 35.5 Å². The second-order valence-electron chi connectivity index (χ2n) is 5.96. The Morgan fingerprint density at radius 1 is 1.27 bits per heavy atom. The van der Waals surface area contributed by atoms with Gasteiger partial charge < -0.3 is 25.0 Å². The summed E-state index contributed by atoms with van der Waals surface area (Å²) in [4.78, 5) is 16.1. The molecule has 8 nitrogen and oxygen atoms in total. The van der Waals surface area contributed by atoms with E-state index in [9.17, 15) is 4.79 Å². The number of nitrogens with one attached hydrogen (secondary N) is 1. The molecule has 0 aliphatic rings. The average Bonchev–Trinajstić information content (AvgIpc) is 3.06. The molecular formula is C17H25ClN4O4. The number of amides is 1. The lowest BCUT2D eigenvalue weighted by molar-refractivity contribution is -0.123. The molecule has 144 valence electrons. The Balaban J connectivity index is 0.00000338. The average molecular weight is 385 g/mol. The van der Waals surface area contributed by atoms with E-state index >= 15 is 0 Å². The summed E-state index contributed by atoms with van der Waals surface area (Å²) in [7, 11) is 3.17. The number of hydrogen-bond acceptors (Lipinski definition) is 7. The zero-order valence-corrected chi connectivity index (χ0v) is 16.1. The minimum Gasteiger partial charge on any atom is -0.493 e. The number of ether oxygens (including phenoxy) is 2. The van der Waals surface area contributed by atoms with Crippen LogP contribution in [-0.4, -0.2) is 36.3 Å². The van der Waals surface area contributed by atoms with E-state index in [2.05, 4.69) is 15.5 Å². The molecule has 0 aliphatic heterocycles. The van der Waals surface area contributed by atoms with Crippen LogP contribution in [0.2, 0.25) is 0 Å². The van der Waals surface area contributed by atoms with Crippen LogP contribution in [0.4, 0.5) is 0 Å². The van der Waals surface area contributed by atoms with Crippen LogP contribution in [0.3, 0.4) is 0 Å². The van der Waals surface area contributed by atoms with Crippen LogP contribution in [0.15, 0.2) is 22.7 Å². The number of halogens is 1. The van der Waals surface area contributed by atoms with E-state index in [0.29, 0.717) is 29.6 Å². The fourth-order valence-corrected chi connectivity index (χ4v) is 2.19. The molecule has 0 spiro atoms. The summed E-state index contributed by atoms with van der Waals surface area (Å²) in [5.74, 6) is 1.96. The van der Waals surface area contributed by atoms with Gasteiger partial charge in [-0.2, -0.15) is 4.98 Å². The summed E-state index contributed by atoms with van der Waals surface area (Å²) >= 11 is 0. The molecule has 1 atom stereocenters. The van der Waals surface area contributed by atoms with Crippen molar-refractivity contribution in [1.29, 1.82) is 0 Å². The summed E-state index contributed by atoms with van der Waals surface area (Å²) in [5.41, 5.74) is 6.74. The van der Waals surface area contributed by atoms with E-state index in [0.717, 1.165) is 5.56 Å². The lowest BCUT2D eigenvalue weighted by Crippen LogP contribution is -2.43. The van der Waals surface area contributed by atoms with E-state index in [-0.39, 0.29) is 30.8 Å². The molecular weight excluding hydrogens is 360 g/mol. The summed E-state index contributed by atoms with van der Waals surface area (Å²) in [6.45, 7) is 3.93. The van der Waals surface area contributed by atoms with Crippen molar-refractivity contribution in [2.75, 3.05) is 14.2 Å². The molecule has 0 fully saturated rings. The molecule has 0 saturated heterocycles. The Labute approximate surface area is 158 Å². The van der Waals surface area contributed by atoms with Crippen LogP contribution in [0.5, 0.6) is 11.5 Å². The summed E-state index contributed by atoms with van der Waals surface area (Å²) < 4.78 is 15.6. The Hall–Kier alpha value is -2.32. The van der Waals surface area contributed by atoms with E-state index < -0.39 is 6.04 Å². The molecule has 3 N–H and O–H groups in total. The van der Waals surface area contributed by atoms with E-state index in [4.69, 9.17) is 19.7 Å². The number of carbonyl (C=O) groups excluding carboxylic acids is 1. The number of nitrogens with two attached hydrogens (primary N) is 1. The van der Waals surface area contributed by atoms with Crippen LogP contribution < -0.4 is 20.5 Å². The van der Waals surface area contributed by atoms with Crippen molar-refractivity contribution < 1.29 is 18.8 Å². The first-order chi connectivity index (χ1) is 11.9. The van der Waals surface area contributed by atoms with Crippen molar-refractivity contribution in [3.63, 3.8) is 0 Å². The van der Waals surface area contributed by atoms with Gasteiger partial charge in [0, 0.05) is 6.42 Å². The molecule has 1 aromatic heterocycles. The fourth-order valence-electron chi connectivity index (χ4n) is 2.19. The highest BCUT2D eigenvalue weighted by atomic mass is 35.5. The van der Waals surface area contributed by atoms with Crippen molar-refractivity contribution in [2.24, 2.45) is 11.7 Å². The Morgan fingerprint density at radius 3 is 2.58 bits per heavy atom. The molecule has 2 aromatic rings. The molecule has 0 radical (unpaired) electrons. The number of benzene rings is 1. The van der Waals surface area contributed by atoms with Crippen LogP contribution >= 0.6 is 12.4 Å². The zero-order valence-electron chi connectivity index (χ0n) is 15.3. The molecule has 1 aromatic carbocycles. The number of nitrogens with zero attached hydrogens (tertiary/aromatic N) is 2. The molecule has 0 bridgehead atoms. The van der Waals surface area contributed by atoms with Crippen LogP contribution in [-0.2, 0) is 17.8 Å². The molecule has 0 saturated carbocycles. The number of aromatic nitrogens is 2. The second-order valence-corrected chi connectivity index (χ2v) is 5.96. The predicted octanol–water partition coefficient (Wildman–Crippen LogP) is 1.70. The van der Waals surface area contributed by atoms with E-state index in [1.165, 1.54) is 0 Å². The van der Waals surface area contributed by atoms with Crippen molar-refractivity contribution in [3.8, 4) is 11.5 Å². The Bertz CT molecular complexity index is 721. The van der Waals surface area contributed by atoms with Gasteiger partial charge in [0.05, 0.1) is 26.8 Å². The normalized spacial score (nSPS) is 11.6. The third-order valence-electron chi connectivity index (χ3n) is 3.76. The lowest BCUT2D eigenvalue weighted by Gasteiger charge is -2.14. The number of hydrogen-bond donors (Lipinski definition) is 2. The van der Waals surface area contributed by atoms with Crippen molar-refractivity contribution in [1.82, 2.24) is 15.5 Å². The van der Waals surface area contributed by atoms with Gasteiger partial charge in [0.1, 0.15) is 0 Å². The van der Waals surface area contributed by atoms with Crippen LogP contribution in [0.25, 0.3) is 0 Å². The zero-order chi connectivity index (χ0) is 18.4. The fraction of sp³-hybridized carbons (Fsp3) is 0.471. The van der Waals surface area contributed by atoms with Gasteiger partial charge in [0.2, 0.25) is 11.8 Å². The van der Waals surface area contributed by atoms with E-state index in [1.807, 2.05) is 32.0 Å². The third-order valence-corrected chi connectivity index (χ3v) is 3.76. The monoisotopic (exact) mass is 384 g/mol. The standard InChI is InChI=1S/C17H24N4O4.ClH/c1-10(2)16(18)17(22)19-9-15-20-14(21-25-15)8-11-5-6-12(23-3)13(7-11)24-4;/h5-7,10,16H,8-9,18H2,1-4H3,(H,19,22);1H/t16-;/m0./s1.